The van der Waals surface area contributed by atoms with Gasteiger partial charge in [0.25, 0.3) is 11.6 Å². The average Bonchev–Trinajstić information content (AvgIpc) is 2.65. The SMILES string of the molecule is CC(C)NC(=O)/C(C#N)=C\c1cc(Br)ccc1OCc1ccc([N+](=O)[O-])cc1. The van der Waals surface area contributed by atoms with Gasteiger partial charge in [0.2, 0.25) is 0 Å². The molecule has 0 unspecified atom stereocenters. The van der Waals surface area contributed by atoms with Gasteiger partial charge in [-0.3, -0.25) is 14.9 Å². The number of nitriles is 1. The van der Waals surface area contributed by atoms with E-state index in [1.807, 2.05) is 19.9 Å². The number of hydrogen-bond donors (Lipinski definition) is 1. The molecule has 0 aliphatic carbocycles. The number of ether oxygens (including phenoxy) is 1. The van der Waals surface area contributed by atoms with Gasteiger partial charge in [0.1, 0.15) is 24.0 Å². The van der Waals surface area contributed by atoms with Crippen molar-refractivity contribution in [3.05, 3.63) is 73.8 Å². The number of halogens is 1. The van der Waals surface area contributed by atoms with E-state index in [0.29, 0.717) is 11.3 Å². The Hall–Kier alpha value is -3.18. The van der Waals surface area contributed by atoms with Gasteiger partial charge in [-0.1, -0.05) is 15.9 Å². The van der Waals surface area contributed by atoms with Crippen LogP contribution in [0.15, 0.2) is 52.5 Å². The van der Waals surface area contributed by atoms with Gasteiger partial charge in [0.05, 0.1) is 4.92 Å². The minimum atomic E-state index is -0.464. The summed E-state index contributed by atoms with van der Waals surface area (Å²) in [5, 5.41) is 22.7. The van der Waals surface area contributed by atoms with Crippen molar-refractivity contribution in [2.24, 2.45) is 0 Å². The van der Waals surface area contributed by atoms with Crippen LogP contribution in [0.5, 0.6) is 5.75 Å². The zero-order valence-corrected chi connectivity index (χ0v) is 16.9. The minimum Gasteiger partial charge on any atom is -0.488 e. The number of rotatable bonds is 7. The quantitative estimate of drug-likeness (QED) is 0.296. The summed E-state index contributed by atoms with van der Waals surface area (Å²) in [6, 6.07) is 13.1. The summed E-state index contributed by atoms with van der Waals surface area (Å²) in [7, 11) is 0. The molecule has 8 heteroatoms. The second kappa shape index (κ2) is 9.67. The molecule has 0 aliphatic heterocycles. The van der Waals surface area contributed by atoms with Crippen LogP contribution in [0, 0.1) is 21.4 Å². The maximum Gasteiger partial charge on any atom is 0.269 e. The van der Waals surface area contributed by atoms with Crippen LogP contribution in [0.4, 0.5) is 5.69 Å². The number of nitro groups is 1. The Balaban J connectivity index is 2.24. The highest BCUT2D eigenvalue weighted by molar-refractivity contribution is 9.10. The Morgan fingerprint density at radius 2 is 2.00 bits per heavy atom. The van der Waals surface area contributed by atoms with E-state index in [9.17, 15) is 20.2 Å². The summed E-state index contributed by atoms with van der Waals surface area (Å²) in [6.07, 6.45) is 1.47. The Labute approximate surface area is 170 Å². The monoisotopic (exact) mass is 443 g/mol. The summed E-state index contributed by atoms with van der Waals surface area (Å²) >= 11 is 3.37. The summed E-state index contributed by atoms with van der Waals surface area (Å²) in [6.45, 7) is 3.80. The highest BCUT2D eigenvalue weighted by atomic mass is 79.9. The molecular formula is C20H18BrN3O4. The maximum absolute atomic E-state index is 12.1. The number of benzene rings is 2. The van der Waals surface area contributed by atoms with Crippen molar-refractivity contribution in [3.63, 3.8) is 0 Å². The number of carbonyl (C=O) groups excluding carboxylic acids is 1. The van der Waals surface area contributed by atoms with Crippen LogP contribution in [0.3, 0.4) is 0 Å². The minimum absolute atomic E-state index is 0.00541. The molecule has 0 atom stereocenters. The van der Waals surface area contributed by atoms with Crippen molar-refractivity contribution in [3.8, 4) is 11.8 Å². The second-order valence-corrected chi connectivity index (χ2v) is 7.11. The Morgan fingerprint density at radius 3 is 2.57 bits per heavy atom. The average molecular weight is 444 g/mol. The Morgan fingerprint density at radius 1 is 1.32 bits per heavy atom. The van der Waals surface area contributed by atoms with Crippen molar-refractivity contribution in [2.45, 2.75) is 26.5 Å². The fourth-order valence-electron chi connectivity index (χ4n) is 2.28. The predicted octanol–water partition coefficient (Wildman–Crippen LogP) is 4.37. The molecule has 0 saturated heterocycles. The van der Waals surface area contributed by atoms with E-state index in [4.69, 9.17) is 4.74 Å². The largest absolute Gasteiger partial charge is 0.488 e. The molecule has 0 saturated carbocycles. The molecular weight excluding hydrogens is 426 g/mol. The van der Waals surface area contributed by atoms with Crippen LogP contribution in [0.1, 0.15) is 25.0 Å². The highest BCUT2D eigenvalue weighted by Gasteiger charge is 2.12. The second-order valence-electron chi connectivity index (χ2n) is 6.19. The molecule has 0 spiro atoms. The third-order valence-electron chi connectivity index (χ3n) is 3.60. The number of amides is 1. The lowest BCUT2D eigenvalue weighted by Gasteiger charge is -2.11. The molecule has 2 aromatic carbocycles. The van der Waals surface area contributed by atoms with E-state index in [2.05, 4.69) is 21.2 Å². The van der Waals surface area contributed by atoms with E-state index < -0.39 is 10.8 Å². The number of hydrogen-bond acceptors (Lipinski definition) is 5. The van der Waals surface area contributed by atoms with Crippen molar-refractivity contribution in [1.82, 2.24) is 5.32 Å². The molecule has 1 amide bonds. The summed E-state index contributed by atoms with van der Waals surface area (Å²) in [4.78, 5) is 22.4. The Kier molecular flexibility index (Phi) is 7.29. The first-order chi connectivity index (χ1) is 13.3. The molecule has 28 heavy (non-hydrogen) atoms. The van der Waals surface area contributed by atoms with Gasteiger partial charge in [0.15, 0.2) is 0 Å². The zero-order chi connectivity index (χ0) is 20.7. The first-order valence-corrected chi connectivity index (χ1v) is 9.17. The van der Waals surface area contributed by atoms with Gasteiger partial charge in [-0.15, -0.1) is 0 Å². The molecule has 1 N–H and O–H groups in total. The molecule has 0 fully saturated rings. The molecule has 2 aromatic rings. The molecule has 0 radical (unpaired) electrons. The van der Waals surface area contributed by atoms with E-state index in [0.717, 1.165) is 10.0 Å². The van der Waals surface area contributed by atoms with Crippen LogP contribution in [0.2, 0.25) is 0 Å². The molecule has 0 aromatic heterocycles. The predicted molar refractivity (Wildman–Crippen MR) is 108 cm³/mol. The van der Waals surface area contributed by atoms with Gasteiger partial charge in [0, 0.05) is 28.2 Å². The summed E-state index contributed by atoms with van der Waals surface area (Å²) in [5.41, 5.74) is 1.28. The van der Waals surface area contributed by atoms with E-state index >= 15 is 0 Å². The maximum atomic E-state index is 12.1. The molecule has 2 rings (SSSR count). The molecule has 7 nitrogen and oxygen atoms in total. The van der Waals surface area contributed by atoms with Gasteiger partial charge >= 0.3 is 0 Å². The Bertz CT molecular complexity index is 947. The number of nitrogens with one attached hydrogen (secondary N) is 1. The van der Waals surface area contributed by atoms with Crippen LogP contribution < -0.4 is 10.1 Å². The molecule has 0 aliphatic rings. The lowest BCUT2D eigenvalue weighted by atomic mass is 10.1. The number of carbonyl (C=O) groups is 1. The summed E-state index contributed by atoms with van der Waals surface area (Å²) < 4.78 is 6.58. The van der Waals surface area contributed by atoms with Crippen molar-refractivity contribution >= 4 is 33.6 Å². The van der Waals surface area contributed by atoms with E-state index in [1.165, 1.54) is 18.2 Å². The standard InChI is InChI=1S/C20H18BrN3O4/c1-13(2)23-20(25)16(11-22)9-15-10-17(21)5-8-19(15)28-12-14-3-6-18(7-4-14)24(26)27/h3-10,13H,12H2,1-2H3,(H,23,25)/b16-9-. The number of non-ortho nitro benzene ring substituents is 1. The summed E-state index contributed by atoms with van der Waals surface area (Å²) in [5.74, 6) is 0.0189. The molecule has 144 valence electrons. The normalized spacial score (nSPS) is 11.0. The fourth-order valence-corrected chi connectivity index (χ4v) is 2.66. The van der Waals surface area contributed by atoms with Crippen LogP contribution in [-0.4, -0.2) is 16.9 Å². The van der Waals surface area contributed by atoms with Crippen molar-refractivity contribution in [2.75, 3.05) is 0 Å². The molecule has 0 bridgehead atoms. The topological polar surface area (TPSA) is 105 Å². The third kappa shape index (κ3) is 5.93. The zero-order valence-electron chi connectivity index (χ0n) is 15.3. The lowest BCUT2D eigenvalue weighted by Crippen LogP contribution is -2.30. The van der Waals surface area contributed by atoms with Gasteiger partial charge in [-0.05, 0) is 55.8 Å². The van der Waals surface area contributed by atoms with Crippen LogP contribution >= 0.6 is 15.9 Å². The van der Waals surface area contributed by atoms with Gasteiger partial charge < -0.3 is 10.1 Å². The van der Waals surface area contributed by atoms with Gasteiger partial charge in [-0.2, -0.15) is 5.26 Å². The smallest absolute Gasteiger partial charge is 0.269 e. The molecule has 0 heterocycles. The van der Waals surface area contributed by atoms with E-state index in [1.54, 1.807) is 30.3 Å². The number of nitro benzene ring substituents is 1. The lowest BCUT2D eigenvalue weighted by molar-refractivity contribution is -0.384. The van der Waals surface area contributed by atoms with Crippen molar-refractivity contribution < 1.29 is 14.5 Å². The number of nitrogens with zero attached hydrogens (tertiary/aromatic N) is 2. The fraction of sp³-hybridized carbons (Fsp3) is 0.200. The van der Waals surface area contributed by atoms with Gasteiger partial charge in [-0.25, -0.2) is 0 Å². The third-order valence-corrected chi connectivity index (χ3v) is 4.09. The first-order valence-electron chi connectivity index (χ1n) is 8.38. The van der Waals surface area contributed by atoms with Crippen molar-refractivity contribution in [1.29, 1.82) is 5.26 Å². The van der Waals surface area contributed by atoms with E-state index in [-0.39, 0.29) is 23.9 Å². The van der Waals surface area contributed by atoms with Crippen LogP contribution in [-0.2, 0) is 11.4 Å². The highest BCUT2D eigenvalue weighted by Crippen LogP contribution is 2.26. The first kappa shape index (κ1) is 21.1. The van der Waals surface area contributed by atoms with Crippen LogP contribution in [0.25, 0.3) is 6.08 Å².